The molecule has 2 amide bonds. The van der Waals surface area contributed by atoms with Crippen LogP contribution in [0.3, 0.4) is 0 Å². The zero-order valence-electron chi connectivity index (χ0n) is 15.5. The van der Waals surface area contributed by atoms with Gasteiger partial charge in [-0.2, -0.15) is 5.11 Å². The molecule has 1 aliphatic rings. The molecular formula is C20H18N4O4S. The smallest absolute Gasteiger partial charge is 0.335 e. The molecule has 0 saturated carbocycles. The van der Waals surface area contributed by atoms with Crippen molar-refractivity contribution in [3.63, 3.8) is 0 Å². The van der Waals surface area contributed by atoms with E-state index in [0.717, 1.165) is 22.2 Å². The number of hydrogen-bond donors (Lipinski definition) is 2. The third-order valence-electron chi connectivity index (χ3n) is 4.31. The number of aromatic carboxylic acids is 1. The van der Waals surface area contributed by atoms with Crippen molar-refractivity contribution in [2.24, 2.45) is 10.2 Å². The van der Waals surface area contributed by atoms with Crippen molar-refractivity contribution in [3.05, 3.63) is 65.7 Å². The molecule has 1 aliphatic heterocycles. The van der Waals surface area contributed by atoms with Gasteiger partial charge in [-0.3, -0.25) is 15.0 Å². The summed E-state index contributed by atoms with van der Waals surface area (Å²) in [6.45, 7) is 1.85. The fourth-order valence-corrected chi connectivity index (χ4v) is 3.64. The van der Waals surface area contributed by atoms with Gasteiger partial charge in [0.25, 0.3) is 0 Å². The summed E-state index contributed by atoms with van der Waals surface area (Å²) in [5.74, 6) is -2.09. The Hall–Kier alpha value is -3.33. The van der Waals surface area contributed by atoms with Gasteiger partial charge in [0.2, 0.25) is 17.0 Å². The molecule has 1 heterocycles. The number of carbonyl (C=O) groups is 3. The van der Waals surface area contributed by atoms with Gasteiger partial charge in [0.1, 0.15) is 5.25 Å². The third kappa shape index (κ3) is 4.75. The SMILES string of the molecule is CC(N=NC(=N)SC1CC(=O)N(c2cccc(C(=O)O)c2)C1=O)c1ccccc1. The third-order valence-corrected chi connectivity index (χ3v) is 5.27. The predicted octanol–water partition coefficient (Wildman–Crippen LogP) is 3.90. The Morgan fingerprint density at radius 3 is 2.62 bits per heavy atom. The van der Waals surface area contributed by atoms with Crippen LogP contribution >= 0.6 is 11.8 Å². The van der Waals surface area contributed by atoms with Crippen LogP contribution in [0.4, 0.5) is 5.69 Å². The number of thioether (sulfide) groups is 1. The first kappa shape index (κ1) is 20.4. The normalized spacial score (nSPS) is 17.7. The summed E-state index contributed by atoms with van der Waals surface area (Å²) in [4.78, 5) is 37.1. The van der Waals surface area contributed by atoms with E-state index in [0.29, 0.717) is 0 Å². The number of nitrogens with one attached hydrogen (secondary N) is 1. The molecule has 0 aliphatic carbocycles. The van der Waals surface area contributed by atoms with Crippen LogP contribution in [0.25, 0.3) is 0 Å². The van der Waals surface area contributed by atoms with Crippen LogP contribution in [0.1, 0.15) is 35.3 Å². The van der Waals surface area contributed by atoms with Crippen molar-refractivity contribution in [2.75, 3.05) is 4.90 Å². The fraction of sp³-hybridized carbons (Fsp3) is 0.200. The highest BCUT2D eigenvalue weighted by atomic mass is 32.2. The molecule has 2 N–H and O–H groups in total. The lowest BCUT2D eigenvalue weighted by Crippen LogP contribution is -2.31. The number of carbonyl (C=O) groups excluding carboxylic acids is 2. The molecular weight excluding hydrogens is 392 g/mol. The average Bonchev–Trinajstić information content (AvgIpc) is 2.99. The molecule has 0 aromatic heterocycles. The lowest BCUT2D eigenvalue weighted by Gasteiger charge is -2.15. The maximum atomic E-state index is 12.7. The van der Waals surface area contributed by atoms with Gasteiger partial charge in [0.05, 0.1) is 17.3 Å². The standard InChI is InChI=1S/C20H18N4O4S/c1-12(13-6-3-2-4-7-13)22-23-20(21)29-16-11-17(25)24(18(16)26)15-9-5-8-14(10-15)19(27)28/h2-10,12,16,21H,11H2,1H3,(H,27,28). The van der Waals surface area contributed by atoms with Crippen LogP contribution in [-0.2, 0) is 9.59 Å². The second kappa shape index (κ2) is 8.78. The van der Waals surface area contributed by atoms with E-state index >= 15 is 0 Å². The lowest BCUT2D eigenvalue weighted by atomic mass is 10.1. The number of amides is 2. The van der Waals surface area contributed by atoms with E-state index in [9.17, 15) is 14.4 Å². The number of azo groups is 1. The molecule has 1 fully saturated rings. The van der Waals surface area contributed by atoms with Crippen LogP contribution < -0.4 is 4.90 Å². The zero-order chi connectivity index (χ0) is 21.0. The van der Waals surface area contributed by atoms with Crippen LogP contribution in [0.5, 0.6) is 0 Å². The van der Waals surface area contributed by atoms with Crippen LogP contribution in [0, 0.1) is 5.41 Å². The topological polar surface area (TPSA) is 123 Å². The maximum Gasteiger partial charge on any atom is 0.335 e. The largest absolute Gasteiger partial charge is 0.478 e. The van der Waals surface area contributed by atoms with Crippen molar-refractivity contribution in [3.8, 4) is 0 Å². The summed E-state index contributed by atoms with van der Waals surface area (Å²) in [5.41, 5.74) is 1.13. The molecule has 0 radical (unpaired) electrons. The maximum absolute atomic E-state index is 12.7. The van der Waals surface area contributed by atoms with Crippen molar-refractivity contribution in [1.82, 2.24) is 0 Å². The Balaban J connectivity index is 1.67. The molecule has 0 bridgehead atoms. The minimum absolute atomic E-state index is 0.0179. The first-order chi connectivity index (χ1) is 13.9. The second-order valence-corrected chi connectivity index (χ2v) is 7.53. The first-order valence-corrected chi connectivity index (χ1v) is 9.66. The van der Waals surface area contributed by atoms with Gasteiger partial charge in [-0.15, -0.1) is 5.11 Å². The second-order valence-electron chi connectivity index (χ2n) is 6.34. The quantitative estimate of drug-likeness (QED) is 0.335. The fourth-order valence-electron chi connectivity index (χ4n) is 2.84. The Morgan fingerprint density at radius 1 is 1.21 bits per heavy atom. The van der Waals surface area contributed by atoms with E-state index in [1.54, 1.807) is 0 Å². The van der Waals surface area contributed by atoms with Gasteiger partial charge in [-0.1, -0.05) is 48.2 Å². The van der Waals surface area contributed by atoms with Crippen molar-refractivity contribution < 1.29 is 19.5 Å². The summed E-state index contributed by atoms with van der Waals surface area (Å²) < 4.78 is 0. The molecule has 2 unspecified atom stereocenters. The highest BCUT2D eigenvalue weighted by molar-refractivity contribution is 8.14. The predicted molar refractivity (Wildman–Crippen MR) is 109 cm³/mol. The Kier molecular flexibility index (Phi) is 6.18. The van der Waals surface area contributed by atoms with Crippen LogP contribution in [-0.4, -0.2) is 33.3 Å². The van der Waals surface area contributed by atoms with Gasteiger partial charge in [-0.25, -0.2) is 9.69 Å². The molecule has 2 atom stereocenters. The van der Waals surface area contributed by atoms with Gasteiger partial charge < -0.3 is 5.11 Å². The lowest BCUT2D eigenvalue weighted by molar-refractivity contribution is -0.121. The summed E-state index contributed by atoms with van der Waals surface area (Å²) in [6.07, 6.45) is -0.0903. The van der Waals surface area contributed by atoms with E-state index in [4.69, 9.17) is 10.5 Å². The summed E-state index contributed by atoms with van der Waals surface area (Å²) in [7, 11) is 0. The number of amidine groups is 1. The number of carboxylic acids is 1. The van der Waals surface area contributed by atoms with Gasteiger partial charge >= 0.3 is 5.97 Å². The van der Waals surface area contributed by atoms with E-state index < -0.39 is 23.0 Å². The molecule has 29 heavy (non-hydrogen) atoms. The van der Waals surface area contributed by atoms with E-state index in [1.165, 1.54) is 24.3 Å². The highest BCUT2D eigenvalue weighted by Gasteiger charge is 2.40. The first-order valence-electron chi connectivity index (χ1n) is 8.78. The highest BCUT2D eigenvalue weighted by Crippen LogP contribution is 2.31. The van der Waals surface area contributed by atoms with Gasteiger partial charge in [-0.05, 0) is 30.7 Å². The summed E-state index contributed by atoms with van der Waals surface area (Å²) >= 11 is 0.860. The van der Waals surface area contributed by atoms with Gasteiger partial charge in [0, 0.05) is 6.42 Å². The molecule has 2 aromatic rings. The molecule has 148 valence electrons. The summed E-state index contributed by atoms with van der Waals surface area (Å²) in [6, 6.07) is 14.9. The molecule has 9 heteroatoms. The van der Waals surface area contributed by atoms with Crippen molar-refractivity contribution >= 4 is 40.4 Å². The molecule has 2 aromatic carbocycles. The molecule has 8 nitrogen and oxygen atoms in total. The minimum Gasteiger partial charge on any atom is -0.478 e. The van der Waals surface area contributed by atoms with Crippen LogP contribution in [0.2, 0.25) is 0 Å². The van der Waals surface area contributed by atoms with Crippen molar-refractivity contribution in [1.29, 1.82) is 5.41 Å². The monoisotopic (exact) mass is 410 g/mol. The van der Waals surface area contributed by atoms with E-state index in [-0.39, 0.29) is 28.9 Å². The number of hydrogen-bond acceptors (Lipinski definition) is 6. The Morgan fingerprint density at radius 2 is 1.93 bits per heavy atom. The number of nitrogens with zero attached hydrogens (tertiary/aromatic N) is 3. The van der Waals surface area contributed by atoms with Crippen molar-refractivity contribution in [2.45, 2.75) is 24.6 Å². The molecule has 0 spiro atoms. The summed E-state index contributed by atoms with van der Waals surface area (Å²) in [5, 5.41) is 24.1. The minimum atomic E-state index is -1.15. The number of rotatable bonds is 5. The van der Waals surface area contributed by atoms with E-state index in [1.807, 2.05) is 37.3 Å². The van der Waals surface area contributed by atoms with Gasteiger partial charge in [0.15, 0.2) is 0 Å². The number of imide groups is 1. The molecule has 1 saturated heterocycles. The Bertz CT molecular complexity index is 993. The zero-order valence-corrected chi connectivity index (χ0v) is 16.3. The van der Waals surface area contributed by atoms with E-state index in [2.05, 4.69) is 10.2 Å². The van der Waals surface area contributed by atoms with Crippen LogP contribution in [0.15, 0.2) is 64.8 Å². The number of benzene rings is 2. The average molecular weight is 410 g/mol. The molecule has 3 rings (SSSR count). The Labute approximate surface area is 171 Å². The number of anilines is 1. The number of carboxylic acid groups (broad SMARTS) is 1.